The fraction of sp³-hybridized carbons (Fsp3) is 0.345. The van der Waals surface area contributed by atoms with Crippen molar-refractivity contribution in [3.05, 3.63) is 78.1 Å². The topological polar surface area (TPSA) is 102 Å². The van der Waals surface area contributed by atoms with Crippen LogP contribution in [0, 0.1) is 6.92 Å². The number of carbonyl (C=O) groups is 2. The molecular formula is C29H34N4O4. The first kappa shape index (κ1) is 26.0. The van der Waals surface area contributed by atoms with Crippen LogP contribution in [0.15, 0.2) is 66.9 Å². The van der Waals surface area contributed by atoms with Gasteiger partial charge in [0.05, 0.1) is 13.3 Å². The second-order valence-corrected chi connectivity index (χ2v) is 9.27. The molecule has 1 aliphatic rings. The molecule has 1 saturated carbocycles. The molecular weight excluding hydrogens is 468 g/mol. The maximum absolute atomic E-state index is 13.3. The van der Waals surface area contributed by atoms with Crippen molar-refractivity contribution >= 4 is 17.5 Å². The zero-order valence-corrected chi connectivity index (χ0v) is 21.4. The second-order valence-electron chi connectivity index (χ2n) is 9.27. The predicted molar refractivity (Wildman–Crippen MR) is 143 cm³/mol. The first-order valence-corrected chi connectivity index (χ1v) is 12.7. The van der Waals surface area contributed by atoms with Crippen molar-refractivity contribution in [1.29, 1.82) is 0 Å². The third-order valence-corrected chi connectivity index (χ3v) is 6.56. The molecule has 1 aromatic heterocycles. The van der Waals surface area contributed by atoms with Crippen LogP contribution in [0.25, 0.3) is 0 Å². The van der Waals surface area contributed by atoms with Crippen molar-refractivity contribution in [2.45, 2.75) is 44.6 Å². The zero-order chi connectivity index (χ0) is 26.1. The lowest BCUT2D eigenvalue weighted by molar-refractivity contribution is -0.128. The van der Waals surface area contributed by atoms with Gasteiger partial charge in [0.25, 0.3) is 5.91 Å². The summed E-state index contributed by atoms with van der Waals surface area (Å²) in [7, 11) is 1.63. The molecule has 4 rings (SSSR count). The largest absolute Gasteiger partial charge is 0.497 e. The van der Waals surface area contributed by atoms with E-state index in [9.17, 15) is 9.59 Å². The highest BCUT2D eigenvalue weighted by molar-refractivity contribution is 5.99. The highest BCUT2D eigenvalue weighted by Gasteiger charge is 2.40. The van der Waals surface area contributed by atoms with Gasteiger partial charge >= 0.3 is 0 Å². The summed E-state index contributed by atoms with van der Waals surface area (Å²) in [5.74, 6) is 1.62. The molecule has 0 bridgehead atoms. The number of ether oxygens (including phenoxy) is 2. The number of aryl methyl sites for hydroxylation is 1. The lowest BCUT2D eigenvalue weighted by Gasteiger charge is -2.36. The summed E-state index contributed by atoms with van der Waals surface area (Å²) >= 11 is 0. The minimum atomic E-state index is -0.905. The molecule has 2 aromatic carbocycles. The van der Waals surface area contributed by atoms with Crippen LogP contribution < -0.4 is 25.4 Å². The number of amides is 2. The summed E-state index contributed by atoms with van der Waals surface area (Å²) in [5.41, 5.74) is 1.43. The van der Waals surface area contributed by atoms with E-state index in [1.807, 2.05) is 43.3 Å². The molecule has 0 aliphatic heterocycles. The van der Waals surface area contributed by atoms with E-state index in [1.54, 1.807) is 37.6 Å². The summed E-state index contributed by atoms with van der Waals surface area (Å²) in [6.45, 7) is 2.93. The minimum Gasteiger partial charge on any atom is -0.497 e. The first-order valence-electron chi connectivity index (χ1n) is 12.7. The number of aromatic nitrogens is 1. The van der Waals surface area contributed by atoms with Gasteiger partial charge in [-0.2, -0.15) is 0 Å². The SMILES string of the molecule is COc1ccc(NCCNC(=O)C2(NC(=O)c3ccc(Oc4ccc(C)nc4)cc3)CCCCC2)cc1. The van der Waals surface area contributed by atoms with E-state index in [-0.39, 0.29) is 11.8 Å². The van der Waals surface area contributed by atoms with Crippen LogP contribution in [0.3, 0.4) is 0 Å². The van der Waals surface area contributed by atoms with Gasteiger partial charge in [0, 0.05) is 30.0 Å². The Labute approximate surface area is 217 Å². The smallest absolute Gasteiger partial charge is 0.252 e. The van der Waals surface area contributed by atoms with Crippen molar-refractivity contribution in [3.8, 4) is 17.2 Å². The van der Waals surface area contributed by atoms with Gasteiger partial charge in [-0.3, -0.25) is 14.6 Å². The van der Waals surface area contributed by atoms with Crippen molar-refractivity contribution < 1.29 is 19.1 Å². The van der Waals surface area contributed by atoms with Gasteiger partial charge < -0.3 is 25.4 Å². The fourth-order valence-corrected chi connectivity index (χ4v) is 4.44. The van der Waals surface area contributed by atoms with Crippen LogP contribution in [0.5, 0.6) is 17.2 Å². The van der Waals surface area contributed by atoms with E-state index in [0.29, 0.717) is 43.0 Å². The van der Waals surface area contributed by atoms with Gasteiger partial charge in [0.2, 0.25) is 5.91 Å². The van der Waals surface area contributed by atoms with Crippen LogP contribution in [0.1, 0.15) is 48.2 Å². The van der Waals surface area contributed by atoms with E-state index >= 15 is 0 Å². The standard InChI is InChI=1S/C29H34N4O4/c1-21-6-11-26(20-32-21)37-25-12-7-22(8-13-25)27(34)33-29(16-4-3-5-17-29)28(35)31-19-18-30-23-9-14-24(36-2)15-10-23/h6-15,20,30H,3-5,16-19H2,1-2H3,(H,31,35)(H,33,34). The van der Waals surface area contributed by atoms with Crippen molar-refractivity contribution in [2.24, 2.45) is 0 Å². The summed E-state index contributed by atoms with van der Waals surface area (Å²) in [5, 5.41) is 9.36. The fourth-order valence-electron chi connectivity index (χ4n) is 4.44. The molecule has 1 aliphatic carbocycles. The van der Waals surface area contributed by atoms with Crippen molar-refractivity contribution in [2.75, 3.05) is 25.5 Å². The quantitative estimate of drug-likeness (QED) is 0.343. The molecule has 37 heavy (non-hydrogen) atoms. The number of pyridine rings is 1. The number of carbonyl (C=O) groups excluding carboxylic acids is 2. The normalized spacial score (nSPS) is 14.3. The number of rotatable bonds is 10. The number of benzene rings is 2. The van der Waals surface area contributed by atoms with E-state index in [0.717, 1.165) is 36.4 Å². The van der Waals surface area contributed by atoms with E-state index < -0.39 is 5.54 Å². The third-order valence-electron chi connectivity index (χ3n) is 6.56. The molecule has 0 unspecified atom stereocenters. The van der Waals surface area contributed by atoms with Gasteiger partial charge in [-0.1, -0.05) is 19.3 Å². The second kappa shape index (κ2) is 12.3. The zero-order valence-electron chi connectivity index (χ0n) is 21.4. The molecule has 8 heteroatoms. The molecule has 3 N–H and O–H groups in total. The van der Waals surface area contributed by atoms with Gasteiger partial charge in [-0.05, 0) is 80.4 Å². The molecule has 2 amide bonds. The molecule has 1 fully saturated rings. The van der Waals surface area contributed by atoms with Crippen molar-refractivity contribution in [1.82, 2.24) is 15.6 Å². The Kier molecular flexibility index (Phi) is 8.61. The monoisotopic (exact) mass is 502 g/mol. The van der Waals surface area contributed by atoms with Crippen LogP contribution >= 0.6 is 0 Å². The molecule has 8 nitrogen and oxygen atoms in total. The lowest BCUT2D eigenvalue weighted by Crippen LogP contribution is -2.60. The minimum absolute atomic E-state index is 0.135. The van der Waals surface area contributed by atoms with E-state index in [4.69, 9.17) is 9.47 Å². The molecule has 3 aromatic rings. The first-order chi connectivity index (χ1) is 18.0. The number of nitrogens with zero attached hydrogens (tertiary/aromatic N) is 1. The van der Waals surface area contributed by atoms with Gasteiger partial charge in [-0.25, -0.2) is 0 Å². The number of anilines is 1. The Balaban J connectivity index is 1.33. The Morgan fingerprint density at radius 1 is 0.865 bits per heavy atom. The Bertz CT molecular complexity index is 1170. The summed E-state index contributed by atoms with van der Waals surface area (Å²) in [6, 6.07) is 18.2. The summed E-state index contributed by atoms with van der Waals surface area (Å²) in [4.78, 5) is 30.6. The van der Waals surface area contributed by atoms with E-state index in [1.165, 1.54) is 0 Å². The number of methoxy groups -OCH3 is 1. The molecule has 0 radical (unpaired) electrons. The van der Waals surface area contributed by atoms with Gasteiger partial charge in [0.1, 0.15) is 22.8 Å². The predicted octanol–water partition coefficient (Wildman–Crippen LogP) is 4.85. The number of hydrogen-bond donors (Lipinski definition) is 3. The van der Waals surface area contributed by atoms with Crippen LogP contribution in [0.4, 0.5) is 5.69 Å². The average molecular weight is 503 g/mol. The van der Waals surface area contributed by atoms with Gasteiger partial charge in [-0.15, -0.1) is 0 Å². The lowest BCUT2D eigenvalue weighted by atomic mass is 9.80. The van der Waals surface area contributed by atoms with Gasteiger partial charge in [0.15, 0.2) is 0 Å². The Morgan fingerprint density at radius 3 is 2.19 bits per heavy atom. The number of nitrogens with one attached hydrogen (secondary N) is 3. The molecule has 1 heterocycles. The average Bonchev–Trinajstić information content (AvgIpc) is 2.93. The molecule has 194 valence electrons. The maximum Gasteiger partial charge on any atom is 0.252 e. The Morgan fingerprint density at radius 2 is 1.54 bits per heavy atom. The Hall–Kier alpha value is -4.07. The highest BCUT2D eigenvalue weighted by atomic mass is 16.5. The van der Waals surface area contributed by atoms with E-state index in [2.05, 4.69) is 20.9 Å². The summed E-state index contributed by atoms with van der Waals surface area (Å²) < 4.78 is 11.0. The molecule has 0 spiro atoms. The molecule has 0 saturated heterocycles. The van der Waals surface area contributed by atoms with Crippen molar-refractivity contribution in [3.63, 3.8) is 0 Å². The highest BCUT2D eigenvalue weighted by Crippen LogP contribution is 2.29. The maximum atomic E-state index is 13.3. The number of hydrogen-bond acceptors (Lipinski definition) is 6. The van der Waals surface area contributed by atoms with Crippen LogP contribution in [0.2, 0.25) is 0 Å². The summed E-state index contributed by atoms with van der Waals surface area (Å²) in [6.07, 6.45) is 5.76. The van der Waals surface area contributed by atoms with Crippen LogP contribution in [-0.2, 0) is 4.79 Å². The van der Waals surface area contributed by atoms with Crippen LogP contribution in [-0.4, -0.2) is 42.5 Å². The third kappa shape index (κ3) is 7.00. The molecule has 0 atom stereocenters.